The molecule has 3 amide bonds. The van der Waals surface area contributed by atoms with Gasteiger partial charge < -0.3 is 14.4 Å². The predicted octanol–water partition coefficient (Wildman–Crippen LogP) is 4.73. The Bertz CT molecular complexity index is 1390. The molecule has 1 fully saturated rings. The van der Waals surface area contributed by atoms with E-state index in [1.54, 1.807) is 59.5 Å². The minimum absolute atomic E-state index is 0.0454. The summed E-state index contributed by atoms with van der Waals surface area (Å²) in [6.07, 6.45) is 3.79. The van der Waals surface area contributed by atoms with Crippen molar-refractivity contribution in [1.82, 2.24) is 4.90 Å². The summed E-state index contributed by atoms with van der Waals surface area (Å²) in [6.45, 7) is 3.43. The van der Waals surface area contributed by atoms with E-state index in [9.17, 15) is 14.4 Å². The van der Waals surface area contributed by atoms with Gasteiger partial charge in [-0.05, 0) is 67.3 Å². The molecule has 0 N–H and O–H groups in total. The Hall–Kier alpha value is -4.39. The average Bonchev–Trinajstić information content (AvgIpc) is 3.46. The molecule has 0 atom stereocenters. The third-order valence-corrected chi connectivity index (χ3v) is 6.69. The van der Waals surface area contributed by atoms with E-state index in [0.29, 0.717) is 39.4 Å². The van der Waals surface area contributed by atoms with Crippen LogP contribution in [-0.2, 0) is 9.59 Å². The first-order valence-corrected chi connectivity index (χ1v) is 12.3. The summed E-state index contributed by atoms with van der Waals surface area (Å²) in [6, 6.07) is 19.7. The Kier molecular flexibility index (Phi) is 6.77. The molecule has 2 aliphatic rings. The topological polar surface area (TPSA) is 76.1 Å². The molecule has 0 saturated carbocycles. The zero-order valence-electron chi connectivity index (χ0n) is 20.9. The lowest BCUT2D eigenvalue weighted by Gasteiger charge is -2.28. The van der Waals surface area contributed by atoms with Crippen LogP contribution in [0.4, 0.5) is 5.69 Å². The molecule has 3 aromatic carbocycles. The molecule has 1 saturated heterocycles. The molecule has 0 aromatic heterocycles. The first-order valence-electron chi connectivity index (χ1n) is 12.3. The number of carbonyl (C=O) groups excluding carboxylic acids is 3. The lowest BCUT2D eigenvalue weighted by atomic mass is 9.91. The Balaban J connectivity index is 1.46. The molecule has 0 unspecified atom stereocenters. The highest BCUT2D eigenvalue weighted by atomic mass is 16.5. The average molecular weight is 497 g/mol. The molecule has 2 heterocycles. The van der Waals surface area contributed by atoms with Crippen molar-refractivity contribution < 1.29 is 23.9 Å². The van der Waals surface area contributed by atoms with E-state index in [1.807, 2.05) is 25.1 Å². The number of aryl methyl sites for hydroxylation is 1. The van der Waals surface area contributed by atoms with Gasteiger partial charge in [0.2, 0.25) is 0 Å². The van der Waals surface area contributed by atoms with Crippen LogP contribution < -0.4 is 14.4 Å². The highest BCUT2D eigenvalue weighted by molar-refractivity contribution is 6.43. The number of imide groups is 1. The molecule has 0 aliphatic carbocycles. The molecule has 188 valence electrons. The molecule has 7 nitrogen and oxygen atoms in total. The number of rotatable bonds is 6. The summed E-state index contributed by atoms with van der Waals surface area (Å²) in [5.74, 6) is 0.0975. The normalized spacial score (nSPS) is 16.2. The largest absolute Gasteiger partial charge is 0.493 e. The molecule has 5 rings (SSSR count). The Morgan fingerprint density at radius 2 is 1.59 bits per heavy atom. The summed E-state index contributed by atoms with van der Waals surface area (Å²) in [5, 5.41) is 0. The maximum atomic E-state index is 13.7. The van der Waals surface area contributed by atoms with Crippen molar-refractivity contribution in [2.45, 2.75) is 19.8 Å². The number of hydrogen-bond donors (Lipinski definition) is 0. The second kappa shape index (κ2) is 10.3. The van der Waals surface area contributed by atoms with Crippen LogP contribution in [0.15, 0.2) is 66.7 Å². The van der Waals surface area contributed by atoms with Crippen LogP contribution in [0, 0.1) is 6.92 Å². The summed E-state index contributed by atoms with van der Waals surface area (Å²) in [4.78, 5) is 42.3. The molecule has 0 radical (unpaired) electrons. The van der Waals surface area contributed by atoms with Gasteiger partial charge in [0.25, 0.3) is 17.7 Å². The first-order chi connectivity index (χ1) is 18.0. The fraction of sp³-hybridized carbons (Fsp3) is 0.233. The second-order valence-electron chi connectivity index (χ2n) is 9.17. The minimum Gasteiger partial charge on any atom is -0.493 e. The van der Waals surface area contributed by atoms with Crippen molar-refractivity contribution in [3.05, 3.63) is 89.0 Å². The number of hydrogen-bond acceptors (Lipinski definition) is 5. The van der Waals surface area contributed by atoms with Gasteiger partial charge >= 0.3 is 0 Å². The molecule has 37 heavy (non-hydrogen) atoms. The summed E-state index contributed by atoms with van der Waals surface area (Å²) in [7, 11) is 1.53. The number of amides is 3. The van der Waals surface area contributed by atoms with Gasteiger partial charge in [0.15, 0.2) is 18.1 Å². The molecule has 3 aromatic rings. The van der Waals surface area contributed by atoms with Crippen molar-refractivity contribution >= 4 is 35.1 Å². The number of benzene rings is 3. The van der Waals surface area contributed by atoms with Gasteiger partial charge in [0.05, 0.1) is 12.8 Å². The quantitative estimate of drug-likeness (QED) is 0.364. The van der Waals surface area contributed by atoms with Gasteiger partial charge in [-0.25, -0.2) is 4.90 Å². The Morgan fingerprint density at radius 1 is 0.892 bits per heavy atom. The number of nitrogens with zero attached hydrogens (tertiary/aromatic N) is 2. The number of fused-ring (bicyclic) bond motifs is 1. The number of carbonyl (C=O) groups is 3. The van der Waals surface area contributed by atoms with E-state index in [0.717, 1.165) is 31.5 Å². The lowest BCUT2D eigenvalue weighted by molar-refractivity contribution is -0.132. The van der Waals surface area contributed by atoms with E-state index in [1.165, 1.54) is 12.0 Å². The highest BCUT2D eigenvalue weighted by Gasteiger charge is 2.35. The van der Waals surface area contributed by atoms with Gasteiger partial charge in [0, 0.05) is 24.2 Å². The fourth-order valence-corrected chi connectivity index (χ4v) is 4.68. The number of ether oxygens (including phenoxy) is 2. The molecular weight excluding hydrogens is 468 g/mol. The van der Waals surface area contributed by atoms with E-state index in [2.05, 4.69) is 0 Å². The smallest absolute Gasteiger partial charge is 0.265 e. The minimum atomic E-state index is -0.400. The molecule has 0 bridgehead atoms. The first kappa shape index (κ1) is 24.3. The van der Waals surface area contributed by atoms with Crippen LogP contribution in [-0.4, -0.2) is 49.4 Å². The summed E-state index contributed by atoms with van der Waals surface area (Å²) >= 11 is 0. The van der Waals surface area contributed by atoms with Crippen molar-refractivity contribution in [3.63, 3.8) is 0 Å². The van der Waals surface area contributed by atoms with E-state index in [-0.39, 0.29) is 18.4 Å². The van der Waals surface area contributed by atoms with Crippen molar-refractivity contribution in [3.8, 4) is 11.5 Å². The van der Waals surface area contributed by atoms with Gasteiger partial charge in [-0.1, -0.05) is 42.0 Å². The molecule has 7 heteroatoms. The third-order valence-electron chi connectivity index (χ3n) is 6.69. The highest BCUT2D eigenvalue weighted by Crippen LogP contribution is 2.35. The van der Waals surface area contributed by atoms with Gasteiger partial charge in [-0.15, -0.1) is 0 Å². The maximum absolute atomic E-state index is 13.7. The van der Waals surface area contributed by atoms with Crippen LogP contribution in [0.3, 0.4) is 0 Å². The van der Waals surface area contributed by atoms with E-state index < -0.39 is 5.91 Å². The molecular formula is C30H28N2O5. The van der Waals surface area contributed by atoms with Gasteiger partial charge in [0.1, 0.15) is 0 Å². The van der Waals surface area contributed by atoms with Crippen LogP contribution in [0.1, 0.15) is 39.9 Å². The SMILES string of the molecule is COc1cc(/C=C2\C(=O)N(c3ccc(C)cc3)C(=O)c3ccccc32)ccc1OCC(=O)N1CCCC1. The lowest BCUT2D eigenvalue weighted by Crippen LogP contribution is -2.41. The Labute approximate surface area is 215 Å². The van der Waals surface area contributed by atoms with Crippen LogP contribution in [0.2, 0.25) is 0 Å². The maximum Gasteiger partial charge on any atom is 0.265 e. The van der Waals surface area contributed by atoms with Crippen LogP contribution in [0.5, 0.6) is 11.5 Å². The zero-order chi connectivity index (χ0) is 25.9. The fourth-order valence-electron chi connectivity index (χ4n) is 4.68. The zero-order valence-corrected chi connectivity index (χ0v) is 20.9. The summed E-state index contributed by atoms with van der Waals surface area (Å²) in [5.41, 5.74) is 3.69. The number of methoxy groups -OCH3 is 1. The number of likely N-dealkylation sites (tertiary alicyclic amines) is 1. The van der Waals surface area contributed by atoms with Crippen molar-refractivity contribution in [2.75, 3.05) is 31.7 Å². The van der Waals surface area contributed by atoms with Gasteiger partial charge in [-0.3, -0.25) is 14.4 Å². The monoisotopic (exact) mass is 496 g/mol. The van der Waals surface area contributed by atoms with Gasteiger partial charge in [-0.2, -0.15) is 0 Å². The van der Waals surface area contributed by atoms with E-state index in [4.69, 9.17) is 9.47 Å². The summed E-state index contributed by atoms with van der Waals surface area (Å²) < 4.78 is 11.3. The van der Waals surface area contributed by atoms with Crippen molar-refractivity contribution in [2.24, 2.45) is 0 Å². The van der Waals surface area contributed by atoms with Crippen LogP contribution in [0.25, 0.3) is 11.6 Å². The standard InChI is InChI=1S/C30H28N2O5/c1-20-9-12-22(13-10-20)32-29(34)24-8-4-3-7-23(24)25(30(32)35)17-21-11-14-26(27(18-21)36-2)37-19-28(33)31-15-5-6-16-31/h3-4,7-14,17-18H,5-6,15-16,19H2,1-2H3/b25-17-. The van der Waals surface area contributed by atoms with Crippen molar-refractivity contribution in [1.29, 1.82) is 0 Å². The van der Waals surface area contributed by atoms with E-state index >= 15 is 0 Å². The molecule has 2 aliphatic heterocycles. The van der Waals surface area contributed by atoms with Crippen LogP contribution >= 0.6 is 0 Å². The number of anilines is 1. The Morgan fingerprint density at radius 3 is 2.30 bits per heavy atom. The second-order valence-corrected chi connectivity index (χ2v) is 9.17. The third kappa shape index (κ3) is 4.85. The molecule has 0 spiro atoms. The predicted molar refractivity (Wildman–Crippen MR) is 142 cm³/mol.